The summed E-state index contributed by atoms with van der Waals surface area (Å²) >= 11 is 0. The number of amides is 1. The van der Waals surface area contributed by atoms with Crippen molar-refractivity contribution < 1.29 is 9.53 Å². The van der Waals surface area contributed by atoms with E-state index in [0.29, 0.717) is 0 Å². The summed E-state index contributed by atoms with van der Waals surface area (Å²) in [6.07, 6.45) is 1.84. The molecule has 26 heavy (non-hydrogen) atoms. The van der Waals surface area contributed by atoms with Crippen LogP contribution in [0.25, 0.3) is 5.69 Å². The van der Waals surface area contributed by atoms with Gasteiger partial charge in [0.2, 0.25) is 5.91 Å². The van der Waals surface area contributed by atoms with Gasteiger partial charge in [-0.1, -0.05) is 0 Å². The Bertz CT molecular complexity index is 923. The van der Waals surface area contributed by atoms with E-state index in [0.717, 1.165) is 34.2 Å². The van der Waals surface area contributed by atoms with Gasteiger partial charge in [0.15, 0.2) is 0 Å². The molecule has 2 aromatic carbocycles. The molecular formula is C21H21N3O2. The molecule has 0 unspecified atom stereocenters. The van der Waals surface area contributed by atoms with Crippen LogP contribution in [0, 0.1) is 6.92 Å². The number of aromatic nitrogens is 1. The summed E-state index contributed by atoms with van der Waals surface area (Å²) in [6.45, 7) is 3.55. The second kappa shape index (κ2) is 7.70. The number of aliphatic imine (C=N–C) groups is 1. The van der Waals surface area contributed by atoms with Crippen LogP contribution in [0.15, 0.2) is 65.7 Å². The van der Waals surface area contributed by atoms with E-state index in [4.69, 9.17) is 4.74 Å². The third kappa shape index (κ3) is 4.00. The van der Waals surface area contributed by atoms with Gasteiger partial charge in [-0.05, 0) is 67.6 Å². The first-order chi connectivity index (χ1) is 12.6. The number of nitrogens with one attached hydrogen (secondary N) is 1. The topological polar surface area (TPSA) is 55.6 Å². The van der Waals surface area contributed by atoms with Crippen molar-refractivity contribution in [3.63, 3.8) is 0 Å². The number of rotatable bonds is 5. The standard InChI is InChI=1S/C21H21N3O2/c1-15-4-9-20(24(15)19-10-12-21(26-3)13-11-19)14-22-17-5-7-18(8-6-17)23-16(2)25/h4-14H,1-3H3,(H,23,25). The zero-order valence-corrected chi connectivity index (χ0v) is 15.1. The van der Waals surface area contributed by atoms with Crippen LogP contribution in [0.3, 0.4) is 0 Å². The summed E-state index contributed by atoms with van der Waals surface area (Å²) in [7, 11) is 1.66. The maximum absolute atomic E-state index is 11.1. The second-order valence-corrected chi connectivity index (χ2v) is 5.92. The Morgan fingerprint density at radius 2 is 1.73 bits per heavy atom. The molecular weight excluding hydrogens is 326 g/mol. The summed E-state index contributed by atoms with van der Waals surface area (Å²) in [5.41, 5.74) is 4.74. The average molecular weight is 347 g/mol. The zero-order chi connectivity index (χ0) is 18.5. The highest BCUT2D eigenvalue weighted by Gasteiger charge is 2.06. The van der Waals surface area contributed by atoms with E-state index < -0.39 is 0 Å². The molecule has 0 bridgehead atoms. The Hall–Kier alpha value is -3.34. The van der Waals surface area contributed by atoms with E-state index >= 15 is 0 Å². The highest BCUT2D eigenvalue weighted by molar-refractivity contribution is 5.89. The van der Waals surface area contributed by atoms with Gasteiger partial charge >= 0.3 is 0 Å². The fourth-order valence-electron chi connectivity index (χ4n) is 2.72. The summed E-state index contributed by atoms with van der Waals surface area (Å²) in [5, 5.41) is 2.74. The third-order valence-electron chi connectivity index (χ3n) is 3.97. The van der Waals surface area contributed by atoms with Crippen LogP contribution in [-0.2, 0) is 4.79 Å². The van der Waals surface area contributed by atoms with Crippen molar-refractivity contribution in [3.05, 3.63) is 72.1 Å². The summed E-state index contributed by atoms with van der Waals surface area (Å²) in [4.78, 5) is 15.6. The van der Waals surface area contributed by atoms with E-state index in [1.165, 1.54) is 6.92 Å². The highest BCUT2D eigenvalue weighted by Crippen LogP contribution is 2.21. The molecule has 5 nitrogen and oxygen atoms in total. The van der Waals surface area contributed by atoms with Crippen molar-refractivity contribution >= 4 is 23.5 Å². The lowest BCUT2D eigenvalue weighted by molar-refractivity contribution is -0.114. The van der Waals surface area contributed by atoms with E-state index in [-0.39, 0.29) is 5.91 Å². The smallest absolute Gasteiger partial charge is 0.221 e. The number of aryl methyl sites for hydroxylation is 1. The molecule has 3 rings (SSSR count). The normalized spacial score (nSPS) is 10.9. The van der Waals surface area contributed by atoms with Crippen LogP contribution >= 0.6 is 0 Å². The lowest BCUT2D eigenvalue weighted by atomic mass is 10.2. The number of hydrogen-bond donors (Lipinski definition) is 1. The van der Waals surface area contributed by atoms with Crippen molar-refractivity contribution in [1.82, 2.24) is 4.57 Å². The molecule has 1 amide bonds. The second-order valence-electron chi connectivity index (χ2n) is 5.92. The van der Waals surface area contributed by atoms with Crippen LogP contribution in [0.4, 0.5) is 11.4 Å². The van der Waals surface area contributed by atoms with Gasteiger partial charge in [0, 0.05) is 24.0 Å². The number of methoxy groups -OCH3 is 1. The zero-order valence-electron chi connectivity index (χ0n) is 15.1. The lowest BCUT2D eigenvalue weighted by Crippen LogP contribution is -2.05. The van der Waals surface area contributed by atoms with Crippen LogP contribution in [0.1, 0.15) is 18.3 Å². The number of carbonyl (C=O) groups is 1. The number of nitrogens with zero attached hydrogens (tertiary/aromatic N) is 2. The fourth-order valence-corrected chi connectivity index (χ4v) is 2.72. The third-order valence-corrected chi connectivity index (χ3v) is 3.97. The molecule has 0 aliphatic carbocycles. The molecule has 3 aromatic rings. The van der Waals surface area contributed by atoms with Crippen molar-refractivity contribution in [3.8, 4) is 11.4 Å². The van der Waals surface area contributed by atoms with E-state index in [9.17, 15) is 4.79 Å². The Kier molecular flexibility index (Phi) is 5.17. The minimum atomic E-state index is -0.0888. The quantitative estimate of drug-likeness (QED) is 0.691. The molecule has 0 fully saturated rings. The average Bonchev–Trinajstić information content (AvgIpc) is 3.01. The summed E-state index contributed by atoms with van der Waals surface area (Å²) in [5.74, 6) is 0.738. The Labute approximate surface area is 153 Å². The molecule has 0 aliphatic rings. The Morgan fingerprint density at radius 1 is 1.04 bits per heavy atom. The van der Waals surface area contributed by atoms with Crippen LogP contribution in [-0.4, -0.2) is 23.8 Å². The van der Waals surface area contributed by atoms with Crippen molar-refractivity contribution in [2.45, 2.75) is 13.8 Å². The number of carbonyl (C=O) groups excluding carboxylic acids is 1. The Morgan fingerprint density at radius 3 is 2.35 bits per heavy atom. The van der Waals surface area contributed by atoms with Crippen molar-refractivity contribution in [2.75, 3.05) is 12.4 Å². The van der Waals surface area contributed by atoms with Gasteiger partial charge in [-0.25, -0.2) is 0 Å². The lowest BCUT2D eigenvalue weighted by Gasteiger charge is -2.10. The number of ether oxygens (including phenoxy) is 1. The van der Waals surface area contributed by atoms with Gasteiger partial charge in [0.1, 0.15) is 5.75 Å². The van der Waals surface area contributed by atoms with Gasteiger partial charge in [0.25, 0.3) is 0 Å². The van der Waals surface area contributed by atoms with Crippen molar-refractivity contribution in [2.24, 2.45) is 4.99 Å². The predicted molar refractivity (Wildman–Crippen MR) is 105 cm³/mol. The van der Waals surface area contributed by atoms with E-state index in [1.807, 2.05) is 60.8 Å². The molecule has 132 valence electrons. The van der Waals surface area contributed by atoms with Crippen molar-refractivity contribution in [1.29, 1.82) is 0 Å². The van der Waals surface area contributed by atoms with E-state index in [2.05, 4.69) is 27.9 Å². The molecule has 5 heteroatoms. The first-order valence-electron chi connectivity index (χ1n) is 8.31. The SMILES string of the molecule is COc1ccc(-n2c(C)ccc2C=Nc2ccc(NC(C)=O)cc2)cc1. The van der Waals surface area contributed by atoms with E-state index in [1.54, 1.807) is 7.11 Å². The predicted octanol–water partition coefficient (Wildman–Crippen LogP) is 4.50. The van der Waals surface area contributed by atoms with Crippen LogP contribution < -0.4 is 10.1 Å². The number of hydrogen-bond acceptors (Lipinski definition) is 3. The summed E-state index contributed by atoms with van der Waals surface area (Å²) < 4.78 is 7.36. The molecule has 1 N–H and O–H groups in total. The highest BCUT2D eigenvalue weighted by atomic mass is 16.5. The van der Waals surface area contributed by atoms with Crippen LogP contribution in [0.2, 0.25) is 0 Å². The monoisotopic (exact) mass is 347 g/mol. The molecule has 1 heterocycles. The molecule has 0 radical (unpaired) electrons. The fraction of sp³-hybridized carbons (Fsp3) is 0.143. The van der Waals surface area contributed by atoms with Gasteiger partial charge in [-0.15, -0.1) is 0 Å². The van der Waals surface area contributed by atoms with Crippen LogP contribution in [0.5, 0.6) is 5.75 Å². The number of anilines is 1. The van der Waals surface area contributed by atoms with Gasteiger partial charge in [-0.2, -0.15) is 0 Å². The molecule has 0 saturated carbocycles. The minimum Gasteiger partial charge on any atom is -0.497 e. The van der Waals surface area contributed by atoms with Gasteiger partial charge in [-0.3, -0.25) is 9.79 Å². The summed E-state index contributed by atoms with van der Waals surface area (Å²) in [6, 6.07) is 19.4. The molecule has 0 spiro atoms. The molecule has 1 aromatic heterocycles. The number of benzene rings is 2. The maximum atomic E-state index is 11.1. The molecule has 0 atom stereocenters. The first-order valence-corrected chi connectivity index (χ1v) is 8.31. The minimum absolute atomic E-state index is 0.0888. The first kappa shape index (κ1) is 17.5. The maximum Gasteiger partial charge on any atom is 0.221 e. The van der Waals surface area contributed by atoms with Gasteiger partial charge in [0.05, 0.1) is 24.7 Å². The Balaban J connectivity index is 1.84. The molecule has 0 saturated heterocycles. The van der Waals surface area contributed by atoms with Gasteiger partial charge < -0.3 is 14.6 Å². The largest absolute Gasteiger partial charge is 0.497 e. The molecule has 0 aliphatic heterocycles.